The first-order valence-corrected chi connectivity index (χ1v) is 14.9. The fraction of sp³-hybridized carbons (Fsp3) is 0.267. The third-order valence-corrected chi connectivity index (χ3v) is 8.23. The Kier molecular flexibility index (Phi) is 8.27. The van der Waals surface area contributed by atoms with Crippen molar-refractivity contribution >= 4 is 44.3 Å². The number of pyridine rings is 2. The van der Waals surface area contributed by atoms with Crippen molar-refractivity contribution < 1.29 is 22.7 Å². The number of para-hydroxylation sites is 1. The molecule has 11 heteroatoms. The Morgan fingerprint density at radius 1 is 1.05 bits per heavy atom. The highest BCUT2D eigenvalue weighted by atomic mass is 32.2. The monoisotopic (exact) mass is 573 g/mol. The van der Waals surface area contributed by atoms with E-state index in [1.165, 1.54) is 37.4 Å². The van der Waals surface area contributed by atoms with E-state index in [-0.39, 0.29) is 10.7 Å². The van der Waals surface area contributed by atoms with E-state index in [0.29, 0.717) is 28.7 Å². The number of fused-ring (bicyclic) bond motifs is 2. The summed E-state index contributed by atoms with van der Waals surface area (Å²) in [6.07, 6.45) is 2.12. The summed E-state index contributed by atoms with van der Waals surface area (Å²) in [5.41, 5.74) is 3.24. The van der Waals surface area contributed by atoms with E-state index in [0.717, 1.165) is 37.2 Å². The maximum atomic E-state index is 13.5. The largest absolute Gasteiger partial charge is 0.449 e. The second-order valence-corrected chi connectivity index (χ2v) is 11.5. The molecule has 2 aromatic carbocycles. The van der Waals surface area contributed by atoms with Crippen molar-refractivity contribution in [3.05, 3.63) is 89.7 Å². The summed E-state index contributed by atoms with van der Waals surface area (Å²) in [6, 6.07) is 18.0. The van der Waals surface area contributed by atoms with Gasteiger partial charge in [-0.25, -0.2) is 18.2 Å². The number of amides is 1. The highest BCUT2D eigenvalue weighted by molar-refractivity contribution is 7.92. The quantitative estimate of drug-likeness (QED) is 0.282. The molecule has 0 bridgehead atoms. The SMILES string of the molecule is CCCN1CCc2nc3ccccc3c(C(=O)OC(C)C(=O)Nc3ccc(S(=O)(=O)Nc4ccccn4)cc3)c2C1. The van der Waals surface area contributed by atoms with Crippen molar-refractivity contribution in [2.75, 3.05) is 23.1 Å². The molecule has 0 spiro atoms. The molecule has 5 rings (SSSR count). The molecule has 10 nitrogen and oxygen atoms in total. The van der Waals surface area contributed by atoms with Gasteiger partial charge in [0.2, 0.25) is 0 Å². The lowest BCUT2D eigenvalue weighted by atomic mass is 9.95. The minimum Gasteiger partial charge on any atom is -0.449 e. The minimum absolute atomic E-state index is 0.00656. The molecule has 4 aromatic rings. The first kappa shape index (κ1) is 28.2. The van der Waals surface area contributed by atoms with Crippen molar-refractivity contribution in [3.63, 3.8) is 0 Å². The predicted octanol–water partition coefficient (Wildman–Crippen LogP) is 4.38. The normalized spacial score (nSPS) is 14.2. The Bertz CT molecular complexity index is 1680. The van der Waals surface area contributed by atoms with Crippen molar-refractivity contribution in [1.82, 2.24) is 14.9 Å². The number of rotatable bonds is 9. The third kappa shape index (κ3) is 6.36. The average Bonchev–Trinajstić information content (AvgIpc) is 2.96. The lowest BCUT2D eigenvalue weighted by Crippen LogP contribution is -2.34. The van der Waals surface area contributed by atoms with Crippen LogP contribution >= 0.6 is 0 Å². The summed E-state index contributed by atoms with van der Waals surface area (Å²) in [6.45, 7) is 6.01. The second kappa shape index (κ2) is 12.0. The molecule has 0 fully saturated rings. The minimum atomic E-state index is -3.86. The molecule has 2 aromatic heterocycles. The van der Waals surface area contributed by atoms with Crippen molar-refractivity contribution in [3.8, 4) is 0 Å². The van der Waals surface area contributed by atoms with Crippen LogP contribution in [0.25, 0.3) is 10.9 Å². The molecule has 1 aliphatic rings. The molecule has 0 radical (unpaired) electrons. The highest BCUT2D eigenvalue weighted by Crippen LogP contribution is 2.29. The molecular weight excluding hydrogens is 542 g/mol. The van der Waals surface area contributed by atoms with Crippen LogP contribution in [-0.4, -0.2) is 54.4 Å². The Hall–Kier alpha value is -4.35. The van der Waals surface area contributed by atoms with E-state index in [1.54, 1.807) is 18.2 Å². The van der Waals surface area contributed by atoms with Crippen molar-refractivity contribution in [2.24, 2.45) is 0 Å². The van der Waals surface area contributed by atoms with Gasteiger partial charge in [0.15, 0.2) is 6.10 Å². The number of carbonyl (C=O) groups excluding carboxylic acids is 2. The van der Waals surface area contributed by atoms with Crippen LogP contribution < -0.4 is 10.0 Å². The van der Waals surface area contributed by atoms with Gasteiger partial charge in [0, 0.05) is 48.0 Å². The Morgan fingerprint density at radius 2 is 1.80 bits per heavy atom. The summed E-state index contributed by atoms with van der Waals surface area (Å²) in [5, 5.41) is 3.38. The number of hydrogen-bond acceptors (Lipinski definition) is 8. The van der Waals surface area contributed by atoms with E-state index in [1.807, 2.05) is 24.3 Å². The van der Waals surface area contributed by atoms with E-state index in [4.69, 9.17) is 9.72 Å². The highest BCUT2D eigenvalue weighted by Gasteiger charge is 2.28. The summed E-state index contributed by atoms with van der Waals surface area (Å²) in [7, 11) is -3.86. The molecular formula is C30H31N5O5S. The molecule has 212 valence electrons. The second-order valence-electron chi connectivity index (χ2n) is 9.84. The third-order valence-electron chi connectivity index (χ3n) is 6.86. The molecule has 3 heterocycles. The van der Waals surface area contributed by atoms with Crippen LogP contribution in [0, 0.1) is 0 Å². The maximum Gasteiger partial charge on any atom is 0.339 e. The van der Waals surface area contributed by atoms with Crippen molar-refractivity contribution in [1.29, 1.82) is 0 Å². The van der Waals surface area contributed by atoms with Crippen LogP contribution in [0.15, 0.2) is 77.8 Å². The van der Waals surface area contributed by atoms with Gasteiger partial charge in [-0.2, -0.15) is 0 Å². The standard InChI is InChI=1S/C30H31N5O5S/c1-3-17-35-18-15-26-24(19-35)28(23-8-4-5-9-25(23)33-26)30(37)40-20(2)29(36)32-21-11-13-22(14-12-21)41(38,39)34-27-10-6-7-16-31-27/h4-14,16,20H,3,15,17-19H2,1-2H3,(H,31,34)(H,32,36). The van der Waals surface area contributed by atoms with Crippen LogP contribution in [-0.2, 0) is 32.5 Å². The smallest absolute Gasteiger partial charge is 0.339 e. The summed E-state index contributed by atoms with van der Waals surface area (Å²) < 4.78 is 33.4. The van der Waals surface area contributed by atoms with Gasteiger partial charge in [0.25, 0.3) is 15.9 Å². The average molecular weight is 574 g/mol. The van der Waals surface area contributed by atoms with Crippen LogP contribution in [0.4, 0.5) is 11.5 Å². The number of hydrogen-bond donors (Lipinski definition) is 2. The summed E-state index contributed by atoms with van der Waals surface area (Å²) in [4.78, 5) is 37.6. The number of aromatic nitrogens is 2. The zero-order chi connectivity index (χ0) is 29.0. The topological polar surface area (TPSA) is 131 Å². The Morgan fingerprint density at radius 3 is 2.54 bits per heavy atom. The first-order chi connectivity index (χ1) is 19.7. The zero-order valence-electron chi connectivity index (χ0n) is 22.8. The van der Waals surface area contributed by atoms with E-state index in [2.05, 4.69) is 26.8 Å². The van der Waals surface area contributed by atoms with Crippen LogP contribution in [0.5, 0.6) is 0 Å². The first-order valence-electron chi connectivity index (χ1n) is 13.4. The zero-order valence-corrected chi connectivity index (χ0v) is 23.6. The number of benzene rings is 2. The molecule has 1 unspecified atom stereocenters. The van der Waals surface area contributed by atoms with E-state index >= 15 is 0 Å². The fourth-order valence-corrected chi connectivity index (χ4v) is 5.85. The number of nitrogens with zero attached hydrogens (tertiary/aromatic N) is 3. The molecule has 1 aliphatic heterocycles. The van der Waals surface area contributed by atoms with Crippen LogP contribution in [0.1, 0.15) is 41.9 Å². The fourth-order valence-electron chi connectivity index (χ4n) is 4.84. The van der Waals surface area contributed by atoms with Crippen LogP contribution in [0.2, 0.25) is 0 Å². The van der Waals surface area contributed by atoms with Gasteiger partial charge in [-0.15, -0.1) is 0 Å². The van der Waals surface area contributed by atoms with Gasteiger partial charge in [-0.3, -0.25) is 19.4 Å². The predicted molar refractivity (Wildman–Crippen MR) is 156 cm³/mol. The van der Waals surface area contributed by atoms with Gasteiger partial charge in [0.05, 0.1) is 16.0 Å². The van der Waals surface area contributed by atoms with Gasteiger partial charge >= 0.3 is 5.97 Å². The maximum absolute atomic E-state index is 13.5. The Labute approximate surface area is 238 Å². The Balaban J connectivity index is 1.29. The molecule has 0 saturated carbocycles. The van der Waals surface area contributed by atoms with Crippen LogP contribution in [0.3, 0.4) is 0 Å². The molecule has 0 saturated heterocycles. The number of sulfonamides is 1. The lowest BCUT2D eigenvalue weighted by Gasteiger charge is -2.29. The summed E-state index contributed by atoms with van der Waals surface area (Å²) in [5.74, 6) is -0.926. The summed E-state index contributed by atoms with van der Waals surface area (Å²) >= 11 is 0. The van der Waals surface area contributed by atoms with Crippen molar-refractivity contribution in [2.45, 2.75) is 44.2 Å². The lowest BCUT2D eigenvalue weighted by molar-refractivity contribution is -0.123. The van der Waals surface area contributed by atoms with E-state index in [9.17, 15) is 18.0 Å². The molecule has 41 heavy (non-hydrogen) atoms. The molecule has 1 amide bonds. The van der Waals surface area contributed by atoms with Gasteiger partial charge < -0.3 is 10.1 Å². The number of carbonyl (C=O) groups is 2. The molecule has 1 atom stereocenters. The number of ether oxygens (including phenoxy) is 1. The van der Waals surface area contributed by atoms with E-state index < -0.39 is 28.0 Å². The molecule has 0 aliphatic carbocycles. The van der Waals surface area contributed by atoms with Gasteiger partial charge in [-0.05, 0) is 62.4 Å². The van der Waals surface area contributed by atoms with Gasteiger partial charge in [0.1, 0.15) is 5.82 Å². The molecule has 2 N–H and O–H groups in total. The number of anilines is 2. The number of nitrogens with one attached hydrogen (secondary N) is 2. The number of esters is 1. The van der Waals surface area contributed by atoms with Gasteiger partial charge in [-0.1, -0.05) is 31.2 Å².